The molecule has 3 heteroatoms. The Hall–Kier alpha value is -1.05. The summed E-state index contributed by atoms with van der Waals surface area (Å²) in [5, 5.41) is 0. The van der Waals surface area contributed by atoms with Gasteiger partial charge in [0, 0.05) is 0 Å². The molecular weight excluding hydrogens is 647 g/mol. The van der Waals surface area contributed by atoms with Crippen LogP contribution < -0.4 is 24.8 Å². The molecule has 0 N–H and O–H groups in total. The van der Waals surface area contributed by atoms with E-state index in [1.54, 1.807) is 60.3 Å². The molecule has 0 nitrogen and oxygen atoms in total. The van der Waals surface area contributed by atoms with E-state index in [9.17, 15) is 0 Å². The van der Waals surface area contributed by atoms with Crippen molar-refractivity contribution in [1.29, 1.82) is 0 Å². The van der Waals surface area contributed by atoms with E-state index in [1.807, 2.05) is 16.0 Å². The van der Waals surface area contributed by atoms with Crippen LogP contribution in [0.15, 0.2) is 71.4 Å². The van der Waals surface area contributed by atoms with Gasteiger partial charge in [0.15, 0.2) is 0 Å². The van der Waals surface area contributed by atoms with Crippen LogP contribution in [-0.4, -0.2) is 3.81 Å². The van der Waals surface area contributed by atoms with Gasteiger partial charge in [-0.2, -0.15) is 17.2 Å². The Bertz CT molecular complexity index is 1500. The van der Waals surface area contributed by atoms with E-state index in [0.29, 0.717) is 5.92 Å². The summed E-state index contributed by atoms with van der Waals surface area (Å²) < 4.78 is 1.87. The molecule has 0 radical (unpaired) electrons. The standard InChI is InChI=1S/C29H37.C10H14.C5H5.2ClH.Ti/c1-18-25-22-17-19-13-9-10-14-20(19)24(22)21-15-11-12-16-23(21)29(25,8)28(6,7)27(4,5)26(18,2)3;1-7-2-9-4-8(1)5-10(3-7)6-9;1-2-4-5-3-1;;;/h9-11,13-15,23H,12,16-17H2,1-8H3;7-10H,1-5H2;1-3H,4H2;2*1H;/q-1;;-1;;;+2/p-2. The fourth-order valence-corrected chi connectivity index (χ4v) is 12.3. The summed E-state index contributed by atoms with van der Waals surface area (Å²) in [6.45, 7) is 20.3. The van der Waals surface area contributed by atoms with E-state index in [-0.39, 0.29) is 46.5 Å². The van der Waals surface area contributed by atoms with E-state index in [4.69, 9.17) is 0 Å². The SMILES string of the molecule is C[C-]1C2=C3Cc4ccccc4C3=C3C=CCCC3C2(C)C(C)(C)C(C)(C)C1(C)C.[C-]1=CC=CC1.[Cl-].[Cl-].[Ti+2]=[C]1C2CC3CC(C2)CC1C3. The van der Waals surface area contributed by atoms with Gasteiger partial charge in [0.2, 0.25) is 0 Å². The number of halogens is 2. The number of benzene rings is 1. The van der Waals surface area contributed by atoms with E-state index in [0.717, 1.165) is 36.5 Å². The van der Waals surface area contributed by atoms with Crippen molar-refractivity contribution in [3.63, 3.8) is 0 Å². The third-order valence-electron chi connectivity index (χ3n) is 15.4. The average Bonchev–Trinajstić information content (AvgIpc) is 3.71. The Labute approximate surface area is 311 Å². The quantitative estimate of drug-likeness (QED) is 0.250. The third kappa shape index (κ3) is 5.49. The third-order valence-corrected chi connectivity index (χ3v) is 16.7. The molecule has 2 unspecified atom stereocenters. The maximum atomic E-state index is 2.99. The molecule has 0 aliphatic heterocycles. The Kier molecular flexibility index (Phi) is 10.5. The molecular formula is C44H56Cl2Ti-2. The van der Waals surface area contributed by atoms with Crippen molar-refractivity contribution in [2.45, 2.75) is 113 Å². The summed E-state index contributed by atoms with van der Waals surface area (Å²) in [5.74, 6) is 6.64. The molecule has 0 saturated heterocycles. The van der Waals surface area contributed by atoms with Crippen molar-refractivity contribution in [2.75, 3.05) is 0 Å². The summed E-state index contributed by atoms with van der Waals surface area (Å²) >= 11 is 2.42. The summed E-state index contributed by atoms with van der Waals surface area (Å²) in [6, 6.07) is 9.16. The van der Waals surface area contributed by atoms with Gasteiger partial charge in [-0.05, 0) is 40.6 Å². The Morgan fingerprint density at radius 2 is 1.47 bits per heavy atom. The number of allylic oxidation sites excluding steroid dienone is 10. The van der Waals surface area contributed by atoms with Gasteiger partial charge in [0.25, 0.3) is 0 Å². The summed E-state index contributed by atoms with van der Waals surface area (Å²) in [6.07, 6.45) is 26.3. The molecule has 0 amide bonds. The van der Waals surface area contributed by atoms with Gasteiger partial charge in [-0.25, -0.2) is 18.1 Å². The molecule has 5 saturated carbocycles. The van der Waals surface area contributed by atoms with Crippen molar-refractivity contribution >= 4 is 9.38 Å². The van der Waals surface area contributed by atoms with Gasteiger partial charge in [-0.1, -0.05) is 113 Å². The zero-order valence-electron chi connectivity index (χ0n) is 30.2. The Morgan fingerprint density at radius 3 is 2.04 bits per heavy atom. The monoisotopic (exact) mass is 702 g/mol. The summed E-state index contributed by atoms with van der Waals surface area (Å²) in [4.78, 5) is 0. The van der Waals surface area contributed by atoms with Crippen LogP contribution in [0.4, 0.5) is 0 Å². The van der Waals surface area contributed by atoms with E-state index >= 15 is 0 Å². The number of hydrogen-bond acceptors (Lipinski definition) is 0. The second-order valence-corrected chi connectivity index (χ2v) is 18.4. The van der Waals surface area contributed by atoms with Crippen LogP contribution in [0.3, 0.4) is 0 Å². The van der Waals surface area contributed by atoms with Crippen molar-refractivity contribution in [3.8, 4) is 0 Å². The molecule has 9 aliphatic carbocycles. The summed E-state index contributed by atoms with van der Waals surface area (Å²) in [5.41, 5.74) is 10.3. The van der Waals surface area contributed by atoms with E-state index in [1.165, 1.54) is 24.0 Å². The number of fused-ring (bicyclic) bond motifs is 6. The van der Waals surface area contributed by atoms with Crippen LogP contribution in [0.5, 0.6) is 0 Å². The average molecular weight is 704 g/mol. The zero-order valence-corrected chi connectivity index (χ0v) is 33.3. The van der Waals surface area contributed by atoms with Gasteiger partial charge in [0.1, 0.15) is 0 Å². The first kappa shape index (κ1) is 37.2. The van der Waals surface area contributed by atoms with E-state index < -0.39 is 0 Å². The predicted octanol–water partition coefficient (Wildman–Crippen LogP) is 5.44. The molecule has 1 aromatic carbocycles. The fourth-order valence-electron chi connectivity index (χ4n) is 11.6. The van der Waals surface area contributed by atoms with Crippen molar-refractivity contribution < 1.29 is 44.8 Å². The molecule has 47 heavy (non-hydrogen) atoms. The van der Waals surface area contributed by atoms with Gasteiger partial charge in [-0.3, -0.25) is 6.08 Å². The number of rotatable bonds is 0. The second-order valence-electron chi connectivity index (χ2n) is 17.5. The molecule has 0 aromatic heterocycles. The predicted molar refractivity (Wildman–Crippen MR) is 188 cm³/mol. The van der Waals surface area contributed by atoms with Gasteiger partial charge < -0.3 is 24.8 Å². The van der Waals surface area contributed by atoms with Crippen LogP contribution in [0, 0.1) is 63.2 Å². The maximum absolute atomic E-state index is 2.99. The minimum absolute atomic E-state index is 0. The van der Waals surface area contributed by atoms with Crippen LogP contribution >= 0.6 is 0 Å². The zero-order chi connectivity index (χ0) is 31.9. The van der Waals surface area contributed by atoms with Crippen LogP contribution in [-0.2, 0) is 26.4 Å². The first-order chi connectivity index (χ1) is 21.3. The van der Waals surface area contributed by atoms with Crippen molar-refractivity contribution in [3.05, 3.63) is 94.5 Å². The Balaban J connectivity index is 0.000000197. The molecule has 0 heterocycles. The van der Waals surface area contributed by atoms with Crippen molar-refractivity contribution in [1.82, 2.24) is 0 Å². The Morgan fingerprint density at radius 1 is 0.830 bits per heavy atom. The van der Waals surface area contributed by atoms with Crippen LogP contribution in [0.1, 0.15) is 118 Å². The van der Waals surface area contributed by atoms with E-state index in [2.05, 4.69) is 124 Å². The molecule has 5 fully saturated rings. The van der Waals surface area contributed by atoms with Gasteiger partial charge in [-0.15, -0.1) is 13.3 Å². The topological polar surface area (TPSA) is 0 Å². The molecule has 1 aromatic rings. The number of hydrogen-bond donors (Lipinski definition) is 0. The first-order valence-electron chi connectivity index (χ1n) is 18.2. The van der Waals surface area contributed by atoms with Gasteiger partial charge in [0.05, 0.1) is 0 Å². The molecule has 252 valence electrons. The molecule has 2 atom stereocenters. The molecule has 0 spiro atoms. The van der Waals surface area contributed by atoms with Crippen LogP contribution in [0.25, 0.3) is 5.57 Å². The first-order valence-corrected chi connectivity index (χ1v) is 19.0. The van der Waals surface area contributed by atoms with Crippen molar-refractivity contribution in [2.24, 2.45) is 51.2 Å². The fraction of sp³-hybridized carbons (Fsp3) is 0.591. The summed E-state index contributed by atoms with van der Waals surface area (Å²) in [7, 11) is 0. The molecule has 10 rings (SSSR count). The van der Waals surface area contributed by atoms with Gasteiger partial charge >= 0.3 is 79.6 Å². The normalized spacial score (nSPS) is 35.0. The van der Waals surface area contributed by atoms with Crippen LogP contribution in [0.2, 0.25) is 0 Å². The molecule has 4 bridgehead atoms. The second kappa shape index (κ2) is 13.3. The minimum atomic E-state index is 0. The molecule has 9 aliphatic rings.